The molecule has 0 bridgehead atoms. The van der Waals surface area contributed by atoms with Gasteiger partial charge in [0.05, 0.1) is 0 Å². The number of nitrogens with zero attached hydrogens (tertiary/aromatic N) is 1. The van der Waals surface area contributed by atoms with Gasteiger partial charge in [-0.1, -0.05) is 194 Å². The predicted octanol–water partition coefficient (Wildman–Crippen LogP) is 16.5. The maximum absolute atomic E-state index is 6.35. The summed E-state index contributed by atoms with van der Waals surface area (Å²) < 4.78 is 6.35. The van der Waals surface area contributed by atoms with Crippen LogP contribution in [0.3, 0.4) is 0 Å². The number of para-hydroxylation sites is 2. The lowest BCUT2D eigenvalue weighted by Gasteiger charge is -2.26. The van der Waals surface area contributed by atoms with Crippen LogP contribution in [0.1, 0.15) is 0 Å². The van der Waals surface area contributed by atoms with E-state index >= 15 is 0 Å². The Morgan fingerprint density at radius 3 is 1.23 bits per heavy atom. The van der Waals surface area contributed by atoms with Crippen LogP contribution < -0.4 is 4.90 Å². The fraction of sp³-hybridized carbons (Fsp3) is 0. The second-order valence-corrected chi connectivity index (χ2v) is 15.3. The topological polar surface area (TPSA) is 16.4 Å². The van der Waals surface area contributed by atoms with Gasteiger partial charge in [0.15, 0.2) is 0 Å². The van der Waals surface area contributed by atoms with Crippen LogP contribution in [0.15, 0.2) is 241 Å². The van der Waals surface area contributed by atoms with Gasteiger partial charge in [0.2, 0.25) is 0 Å². The fourth-order valence-corrected chi connectivity index (χ4v) is 8.62. The molecule has 0 aliphatic carbocycles. The molecule has 0 saturated carbocycles. The molecule has 0 atom stereocenters. The zero-order chi connectivity index (χ0) is 39.8. The monoisotopic (exact) mass is 765 g/mol. The maximum Gasteiger partial charge on any atom is 0.143 e. The molecule has 60 heavy (non-hydrogen) atoms. The minimum absolute atomic E-state index is 0.913. The van der Waals surface area contributed by atoms with Crippen LogP contribution in [0.25, 0.3) is 88.3 Å². The van der Waals surface area contributed by atoms with Gasteiger partial charge in [-0.3, -0.25) is 0 Å². The number of hydrogen-bond donors (Lipinski definition) is 0. The normalized spacial score (nSPS) is 11.3. The second-order valence-electron chi connectivity index (χ2n) is 15.3. The van der Waals surface area contributed by atoms with Gasteiger partial charge in [-0.05, 0) is 103 Å². The average molecular weight is 766 g/mol. The van der Waals surface area contributed by atoms with Crippen molar-refractivity contribution in [3.63, 3.8) is 0 Å². The van der Waals surface area contributed by atoms with Crippen LogP contribution in [0.2, 0.25) is 0 Å². The van der Waals surface area contributed by atoms with Crippen LogP contribution in [-0.2, 0) is 0 Å². The highest BCUT2D eigenvalue weighted by atomic mass is 16.3. The quantitative estimate of drug-likeness (QED) is 0.153. The smallest absolute Gasteiger partial charge is 0.143 e. The van der Waals surface area contributed by atoms with Crippen LogP contribution in [0.5, 0.6) is 0 Å². The molecular weight excluding hydrogens is 727 g/mol. The molecule has 0 aliphatic rings. The van der Waals surface area contributed by atoms with Crippen molar-refractivity contribution in [2.24, 2.45) is 0 Å². The summed E-state index contributed by atoms with van der Waals surface area (Å²) >= 11 is 0. The molecular formula is C58H39NO. The zero-order valence-electron chi connectivity index (χ0n) is 32.9. The highest BCUT2D eigenvalue weighted by Crippen LogP contribution is 2.40. The third kappa shape index (κ3) is 6.51. The molecule has 0 aliphatic heterocycles. The minimum Gasteiger partial charge on any atom is -0.455 e. The number of furan rings is 1. The summed E-state index contributed by atoms with van der Waals surface area (Å²) in [5.74, 6) is 0. The predicted molar refractivity (Wildman–Crippen MR) is 253 cm³/mol. The Bertz CT molecular complexity index is 3250. The summed E-state index contributed by atoms with van der Waals surface area (Å²) in [7, 11) is 0. The SMILES string of the molecule is c1ccc(-c2ccc(-c3ccc(N(c4ccc(-c5ccc(-c6cccc7c6oc6ccccc67)cc5)cc4)c4ccc(-c5cccc6ccccc56)cc4)cc3)cc2)cc1. The molecule has 0 radical (unpaired) electrons. The Hall–Kier alpha value is -7.94. The number of anilines is 3. The molecule has 0 spiro atoms. The molecule has 11 aromatic rings. The van der Waals surface area contributed by atoms with E-state index in [1.807, 2.05) is 12.1 Å². The van der Waals surface area contributed by atoms with E-state index < -0.39 is 0 Å². The van der Waals surface area contributed by atoms with Gasteiger partial charge in [-0.15, -0.1) is 0 Å². The summed E-state index contributed by atoms with van der Waals surface area (Å²) in [5, 5.41) is 4.79. The second kappa shape index (κ2) is 15.1. The molecule has 1 heterocycles. The highest BCUT2D eigenvalue weighted by molar-refractivity contribution is 6.09. The molecule has 0 saturated heterocycles. The van der Waals surface area contributed by atoms with Gasteiger partial charge in [-0.2, -0.15) is 0 Å². The molecule has 10 aromatic carbocycles. The molecule has 282 valence electrons. The first kappa shape index (κ1) is 35.2. The Labute approximate surface area is 349 Å². The first-order chi connectivity index (χ1) is 29.7. The van der Waals surface area contributed by atoms with E-state index in [1.54, 1.807) is 0 Å². The molecule has 11 rings (SSSR count). The summed E-state index contributed by atoms with van der Waals surface area (Å²) in [5.41, 5.74) is 16.9. The van der Waals surface area contributed by atoms with Crippen LogP contribution >= 0.6 is 0 Å². The largest absolute Gasteiger partial charge is 0.455 e. The van der Waals surface area contributed by atoms with Crippen LogP contribution in [0, 0.1) is 0 Å². The van der Waals surface area contributed by atoms with Gasteiger partial charge in [0.25, 0.3) is 0 Å². The van der Waals surface area contributed by atoms with E-state index in [4.69, 9.17) is 4.42 Å². The number of fused-ring (bicyclic) bond motifs is 4. The van der Waals surface area contributed by atoms with E-state index in [9.17, 15) is 0 Å². The molecule has 2 heteroatoms. The highest BCUT2D eigenvalue weighted by Gasteiger charge is 2.16. The Kier molecular flexibility index (Phi) is 8.87. The average Bonchev–Trinajstić information content (AvgIpc) is 3.72. The van der Waals surface area contributed by atoms with Crippen molar-refractivity contribution in [2.45, 2.75) is 0 Å². The van der Waals surface area contributed by atoms with Crippen LogP contribution in [0.4, 0.5) is 17.1 Å². The minimum atomic E-state index is 0.913. The summed E-state index contributed by atoms with van der Waals surface area (Å²) in [6.07, 6.45) is 0. The summed E-state index contributed by atoms with van der Waals surface area (Å²) in [6.45, 7) is 0. The molecule has 0 unspecified atom stereocenters. The first-order valence-electron chi connectivity index (χ1n) is 20.5. The van der Waals surface area contributed by atoms with Crippen molar-refractivity contribution in [3.05, 3.63) is 237 Å². The number of rotatable bonds is 8. The van der Waals surface area contributed by atoms with Gasteiger partial charge in [0.1, 0.15) is 11.2 Å². The Morgan fingerprint density at radius 1 is 0.250 bits per heavy atom. The maximum atomic E-state index is 6.35. The van der Waals surface area contributed by atoms with E-state index in [-0.39, 0.29) is 0 Å². The Balaban J connectivity index is 0.918. The van der Waals surface area contributed by atoms with Crippen molar-refractivity contribution in [2.75, 3.05) is 4.90 Å². The first-order valence-corrected chi connectivity index (χ1v) is 20.5. The van der Waals surface area contributed by atoms with E-state index in [2.05, 4.69) is 229 Å². The lowest BCUT2D eigenvalue weighted by molar-refractivity contribution is 0.670. The molecule has 0 amide bonds. The van der Waals surface area contributed by atoms with E-state index in [1.165, 1.54) is 44.2 Å². The fourth-order valence-electron chi connectivity index (χ4n) is 8.62. The number of hydrogen-bond acceptors (Lipinski definition) is 2. The van der Waals surface area contributed by atoms with E-state index in [0.717, 1.165) is 61.3 Å². The van der Waals surface area contributed by atoms with Gasteiger partial charge < -0.3 is 9.32 Å². The van der Waals surface area contributed by atoms with Crippen molar-refractivity contribution in [3.8, 4) is 55.6 Å². The molecule has 0 N–H and O–H groups in total. The molecule has 1 aromatic heterocycles. The van der Waals surface area contributed by atoms with Gasteiger partial charge in [0, 0.05) is 33.4 Å². The van der Waals surface area contributed by atoms with Crippen molar-refractivity contribution in [1.29, 1.82) is 0 Å². The van der Waals surface area contributed by atoms with Crippen LogP contribution in [-0.4, -0.2) is 0 Å². The lowest BCUT2D eigenvalue weighted by Crippen LogP contribution is -2.09. The van der Waals surface area contributed by atoms with Crippen molar-refractivity contribution >= 4 is 49.8 Å². The summed E-state index contributed by atoms with van der Waals surface area (Å²) in [6, 6.07) is 84.8. The van der Waals surface area contributed by atoms with Crippen molar-refractivity contribution < 1.29 is 4.42 Å². The van der Waals surface area contributed by atoms with Gasteiger partial charge in [-0.25, -0.2) is 0 Å². The lowest BCUT2D eigenvalue weighted by atomic mass is 9.97. The standard InChI is InChI=1S/C58H39NO/c1-2-10-40(11-3-1)41-20-22-42(23-21-41)44-28-34-49(35-29-44)59(51-38-32-47(33-39-51)53-16-8-13-46-12-4-5-14-52(46)53)50-36-30-45(31-37-50)43-24-26-48(27-25-43)54-17-9-18-56-55-15-6-7-19-57(55)60-58(54)56/h1-39H. The third-order valence-electron chi connectivity index (χ3n) is 11.7. The van der Waals surface area contributed by atoms with E-state index in [0.29, 0.717) is 0 Å². The zero-order valence-corrected chi connectivity index (χ0v) is 32.9. The van der Waals surface area contributed by atoms with Gasteiger partial charge >= 0.3 is 0 Å². The third-order valence-corrected chi connectivity index (χ3v) is 11.7. The molecule has 2 nitrogen and oxygen atoms in total. The Morgan fingerprint density at radius 2 is 0.633 bits per heavy atom. The summed E-state index contributed by atoms with van der Waals surface area (Å²) in [4.78, 5) is 2.34. The number of benzene rings is 10. The van der Waals surface area contributed by atoms with Crippen molar-refractivity contribution in [1.82, 2.24) is 0 Å². The molecule has 0 fully saturated rings.